The summed E-state index contributed by atoms with van der Waals surface area (Å²) in [7, 11) is 0. The highest BCUT2D eigenvalue weighted by Crippen LogP contribution is 2.20. The summed E-state index contributed by atoms with van der Waals surface area (Å²) in [5.41, 5.74) is 0. The van der Waals surface area contributed by atoms with E-state index in [1.54, 1.807) is 11.8 Å². The summed E-state index contributed by atoms with van der Waals surface area (Å²) < 4.78 is 0. The van der Waals surface area contributed by atoms with Crippen LogP contribution < -0.4 is 5.32 Å². The van der Waals surface area contributed by atoms with Crippen molar-refractivity contribution in [2.24, 2.45) is 0 Å². The maximum Gasteiger partial charge on any atom is 0.304 e. The van der Waals surface area contributed by atoms with E-state index < -0.39 is 5.97 Å². The molecule has 1 saturated carbocycles. The molecule has 0 radical (unpaired) electrons. The quantitative estimate of drug-likeness (QED) is 0.801. The minimum Gasteiger partial charge on any atom is -0.481 e. The van der Waals surface area contributed by atoms with Gasteiger partial charge in [-0.3, -0.25) is 14.5 Å². The van der Waals surface area contributed by atoms with Crippen LogP contribution in [0, 0.1) is 0 Å². The Morgan fingerprint density at radius 1 is 1.25 bits per heavy atom. The number of nitrogens with zero attached hydrogens (tertiary/aromatic N) is 1. The number of carboxylic acid groups (broad SMARTS) is 1. The fourth-order valence-corrected chi connectivity index (χ4v) is 4.12. The van der Waals surface area contributed by atoms with Crippen molar-refractivity contribution in [2.45, 2.75) is 50.6 Å². The molecule has 20 heavy (non-hydrogen) atoms. The summed E-state index contributed by atoms with van der Waals surface area (Å²) in [4.78, 5) is 25.0. The average Bonchev–Trinajstić information content (AvgIpc) is 2.41. The van der Waals surface area contributed by atoms with E-state index in [2.05, 4.69) is 5.32 Å². The van der Waals surface area contributed by atoms with Crippen molar-refractivity contribution < 1.29 is 14.7 Å². The van der Waals surface area contributed by atoms with Crippen molar-refractivity contribution in [3.63, 3.8) is 0 Å². The number of nitrogens with one attached hydrogen (secondary N) is 1. The minimum absolute atomic E-state index is 0.0108. The lowest BCUT2D eigenvalue weighted by Crippen LogP contribution is -2.50. The van der Waals surface area contributed by atoms with E-state index in [0.29, 0.717) is 12.6 Å². The topological polar surface area (TPSA) is 69.6 Å². The average molecular weight is 300 g/mol. The SMILES string of the molecule is O=C(O)CC1CSCCN1CC(=O)NC1CCCCC1. The van der Waals surface area contributed by atoms with Crippen LogP contribution in [-0.4, -0.2) is 58.6 Å². The van der Waals surface area contributed by atoms with Gasteiger partial charge in [-0.15, -0.1) is 0 Å². The molecule has 5 nitrogen and oxygen atoms in total. The van der Waals surface area contributed by atoms with E-state index in [4.69, 9.17) is 5.11 Å². The van der Waals surface area contributed by atoms with Gasteiger partial charge in [0.1, 0.15) is 0 Å². The summed E-state index contributed by atoms with van der Waals surface area (Å²) in [6.45, 7) is 1.15. The zero-order valence-corrected chi connectivity index (χ0v) is 12.7. The molecule has 2 aliphatic rings. The fraction of sp³-hybridized carbons (Fsp3) is 0.857. The first-order chi connectivity index (χ1) is 9.65. The van der Waals surface area contributed by atoms with Crippen LogP contribution in [0.15, 0.2) is 0 Å². The summed E-state index contributed by atoms with van der Waals surface area (Å²) in [5.74, 6) is 1.06. The molecule has 0 aromatic carbocycles. The molecule has 1 aliphatic heterocycles. The highest BCUT2D eigenvalue weighted by atomic mass is 32.2. The second-order valence-electron chi connectivity index (χ2n) is 5.70. The van der Waals surface area contributed by atoms with E-state index in [9.17, 15) is 9.59 Å². The number of carbonyl (C=O) groups is 2. The second-order valence-corrected chi connectivity index (χ2v) is 6.85. The highest BCUT2D eigenvalue weighted by molar-refractivity contribution is 7.99. The normalized spacial score (nSPS) is 25.3. The van der Waals surface area contributed by atoms with Gasteiger partial charge in [0.25, 0.3) is 0 Å². The van der Waals surface area contributed by atoms with Crippen LogP contribution >= 0.6 is 11.8 Å². The van der Waals surface area contributed by atoms with Gasteiger partial charge >= 0.3 is 5.97 Å². The molecule has 1 aliphatic carbocycles. The van der Waals surface area contributed by atoms with E-state index in [1.165, 1.54) is 19.3 Å². The van der Waals surface area contributed by atoms with Gasteiger partial charge in [-0.2, -0.15) is 11.8 Å². The summed E-state index contributed by atoms with van der Waals surface area (Å²) in [6.07, 6.45) is 5.97. The molecule has 1 saturated heterocycles. The van der Waals surface area contributed by atoms with Gasteiger partial charge in [-0.05, 0) is 12.8 Å². The van der Waals surface area contributed by atoms with E-state index in [1.807, 2.05) is 4.90 Å². The maximum absolute atomic E-state index is 12.1. The molecule has 1 atom stereocenters. The Hall–Kier alpha value is -0.750. The van der Waals surface area contributed by atoms with Crippen molar-refractivity contribution in [2.75, 3.05) is 24.6 Å². The van der Waals surface area contributed by atoms with Gasteiger partial charge in [-0.1, -0.05) is 19.3 Å². The summed E-state index contributed by atoms with van der Waals surface area (Å²) >= 11 is 1.77. The third-order valence-electron chi connectivity index (χ3n) is 4.08. The Labute approximate surface area is 124 Å². The molecule has 0 aromatic heterocycles. The molecular formula is C14H24N2O3S. The molecule has 1 amide bonds. The number of thioether (sulfide) groups is 1. The fourth-order valence-electron chi connectivity index (χ4n) is 2.99. The van der Waals surface area contributed by atoms with Crippen LogP contribution in [0.1, 0.15) is 38.5 Å². The lowest BCUT2D eigenvalue weighted by Gasteiger charge is -2.34. The van der Waals surface area contributed by atoms with E-state index >= 15 is 0 Å². The molecule has 0 aromatic rings. The van der Waals surface area contributed by atoms with Crippen molar-refractivity contribution in [1.82, 2.24) is 10.2 Å². The monoisotopic (exact) mass is 300 g/mol. The lowest BCUT2D eigenvalue weighted by molar-refractivity contribution is -0.139. The Morgan fingerprint density at radius 3 is 2.70 bits per heavy atom. The zero-order chi connectivity index (χ0) is 14.4. The zero-order valence-electron chi connectivity index (χ0n) is 11.8. The number of rotatable bonds is 5. The van der Waals surface area contributed by atoms with Crippen molar-refractivity contribution in [3.05, 3.63) is 0 Å². The maximum atomic E-state index is 12.1. The lowest BCUT2D eigenvalue weighted by atomic mass is 9.95. The van der Waals surface area contributed by atoms with Crippen LogP contribution in [-0.2, 0) is 9.59 Å². The summed E-state index contributed by atoms with van der Waals surface area (Å²) in [6, 6.07) is 0.316. The standard InChI is InChI=1S/C14H24N2O3S/c17-13(15-11-4-2-1-3-5-11)9-16-6-7-20-10-12(16)8-14(18)19/h11-12H,1-10H2,(H,15,17)(H,18,19). The number of carboxylic acids is 1. The van der Waals surface area contributed by atoms with Crippen LogP contribution in [0.25, 0.3) is 0 Å². The molecular weight excluding hydrogens is 276 g/mol. The number of aliphatic carboxylic acids is 1. The molecule has 114 valence electrons. The van der Waals surface area contributed by atoms with Crippen LogP contribution in [0.2, 0.25) is 0 Å². The van der Waals surface area contributed by atoms with Crippen molar-refractivity contribution >= 4 is 23.6 Å². The molecule has 2 rings (SSSR count). The molecule has 6 heteroatoms. The minimum atomic E-state index is -0.782. The predicted octanol–water partition coefficient (Wildman–Crippen LogP) is 1.33. The largest absolute Gasteiger partial charge is 0.481 e. The van der Waals surface area contributed by atoms with Gasteiger partial charge in [0.15, 0.2) is 0 Å². The molecule has 2 fully saturated rings. The first kappa shape index (κ1) is 15.6. The molecule has 0 bridgehead atoms. The Morgan fingerprint density at radius 2 is 2.00 bits per heavy atom. The predicted molar refractivity (Wildman–Crippen MR) is 80.0 cm³/mol. The molecule has 0 spiro atoms. The van der Waals surface area contributed by atoms with Crippen molar-refractivity contribution in [1.29, 1.82) is 0 Å². The Bertz CT molecular complexity index is 345. The van der Waals surface area contributed by atoms with E-state index in [0.717, 1.165) is 30.9 Å². The van der Waals surface area contributed by atoms with Gasteiger partial charge < -0.3 is 10.4 Å². The first-order valence-corrected chi connectivity index (χ1v) is 8.63. The number of amides is 1. The first-order valence-electron chi connectivity index (χ1n) is 7.48. The van der Waals surface area contributed by atoms with Gasteiger partial charge in [-0.25, -0.2) is 0 Å². The number of hydrogen-bond acceptors (Lipinski definition) is 4. The third-order valence-corrected chi connectivity index (χ3v) is 5.17. The van der Waals surface area contributed by atoms with E-state index in [-0.39, 0.29) is 18.4 Å². The van der Waals surface area contributed by atoms with Gasteiger partial charge in [0.2, 0.25) is 5.91 Å². The van der Waals surface area contributed by atoms with Crippen LogP contribution in [0.4, 0.5) is 0 Å². The molecule has 1 heterocycles. The van der Waals surface area contributed by atoms with Crippen LogP contribution in [0.3, 0.4) is 0 Å². The van der Waals surface area contributed by atoms with Gasteiger partial charge in [0, 0.05) is 30.1 Å². The van der Waals surface area contributed by atoms with Gasteiger partial charge in [0.05, 0.1) is 13.0 Å². The third kappa shape index (κ3) is 4.98. The smallest absolute Gasteiger partial charge is 0.304 e. The number of carbonyl (C=O) groups excluding carboxylic acids is 1. The second kappa shape index (κ2) is 7.88. The Kier molecular flexibility index (Phi) is 6.16. The number of hydrogen-bond donors (Lipinski definition) is 2. The summed E-state index contributed by atoms with van der Waals surface area (Å²) in [5, 5.41) is 12.0. The highest BCUT2D eigenvalue weighted by Gasteiger charge is 2.27. The molecule has 2 N–H and O–H groups in total. The Balaban J connectivity index is 1.79. The molecule has 1 unspecified atom stereocenters. The van der Waals surface area contributed by atoms with Crippen LogP contribution in [0.5, 0.6) is 0 Å². The van der Waals surface area contributed by atoms with Crippen molar-refractivity contribution in [3.8, 4) is 0 Å².